The molecule has 2 aromatic carbocycles. The first kappa shape index (κ1) is 12.9. The Hall–Kier alpha value is -2.09. The van der Waals surface area contributed by atoms with Crippen LogP contribution in [0.3, 0.4) is 0 Å². The molecule has 2 atom stereocenters. The summed E-state index contributed by atoms with van der Waals surface area (Å²) in [5.41, 5.74) is 1.89. The molecule has 1 aliphatic carbocycles. The van der Waals surface area contributed by atoms with Gasteiger partial charge in [0.1, 0.15) is 12.4 Å². The molecule has 2 aromatic rings. The van der Waals surface area contributed by atoms with Crippen molar-refractivity contribution < 1.29 is 9.53 Å². The van der Waals surface area contributed by atoms with Crippen LogP contribution in [0.2, 0.25) is 0 Å². The minimum absolute atomic E-state index is 0.222. The van der Waals surface area contributed by atoms with E-state index in [2.05, 4.69) is 6.92 Å². The number of benzene rings is 2. The molecule has 1 fully saturated rings. The van der Waals surface area contributed by atoms with Crippen molar-refractivity contribution >= 4 is 5.78 Å². The van der Waals surface area contributed by atoms with Gasteiger partial charge in [-0.05, 0) is 30.0 Å². The van der Waals surface area contributed by atoms with Crippen LogP contribution in [0, 0.1) is 11.8 Å². The SMILES string of the molecule is C[C@H]1C[C@@H]1C(=O)c1cccc(OCc2ccccc2)c1. The molecular weight excluding hydrogens is 248 g/mol. The van der Waals surface area contributed by atoms with Gasteiger partial charge in [0.15, 0.2) is 5.78 Å². The topological polar surface area (TPSA) is 26.3 Å². The first-order chi connectivity index (χ1) is 9.74. The van der Waals surface area contributed by atoms with Crippen LogP contribution < -0.4 is 4.74 Å². The molecule has 20 heavy (non-hydrogen) atoms. The number of ether oxygens (including phenoxy) is 1. The highest BCUT2D eigenvalue weighted by molar-refractivity contribution is 5.99. The van der Waals surface area contributed by atoms with Crippen molar-refractivity contribution in [1.29, 1.82) is 0 Å². The number of ketones is 1. The van der Waals surface area contributed by atoms with Gasteiger partial charge in [-0.1, -0.05) is 49.4 Å². The largest absolute Gasteiger partial charge is 0.489 e. The lowest BCUT2D eigenvalue weighted by Gasteiger charge is -2.07. The molecule has 1 aliphatic rings. The van der Waals surface area contributed by atoms with E-state index in [4.69, 9.17) is 4.74 Å². The third-order valence-corrected chi connectivity index (χ3v) is 3.81. The van der Waals surface area contributed by atoms with Crippen LogP contribution in [0.25, 0.3) is 0 Å². The Bertz CT molecular complexity index is 604. The molecule has 0 aliphatic heterocycles. The van der Waals surface area contributed by atoms with E-state index in [0.717, 1.165) is 23.3 Å². The zero-order chi connectivity index (χ0) is 13.9. The maximum Gasteiger partial charge on any atom is 0.166 e. The number of carbonyl (C=O) groups excluding carboxylic acids is 1. The molecule has 0 unspecified atom stereocenters. The van der Waals surface area contributed by atoms with Gasteiger partial charge in [0.25, 0.3) is 0 Å². The first-order valence-corrected chi connectivity index (χ1v) is 7.05. The summed E-state index contributed by atoms with van der Waals surface area (Å²) in [6.45, 7) is 2.65. The molecule has 3 rings (SSSR count). The lowest BCUT2D eigenvalue weighted by molar-refractivity contribution is 0.0962. The van der Waals surface area contributed by atoms with Gasteiger partial charge in [0, 0.05) is 11.5 Å². The Morgan fingerprint density at radius 3 is 2.60 bits per heavy atom. The Morgan fingerprint density at radius 1 is 1.15 bits per heavy atom. The van der Waals surface area contributed by atoms with E-state index in [1.807, 2.05) is 54.6 Å². The zero-order valence-corrected chi connectivity index (χ0v) is 11.6. The number of rotatable bonds is 5. The van der Waals surface area contributed by atoms with Crippen molar-refractivity contribution in [1.82, 2.24) is 0 Å². The summed E-state index contributed by atoms with van der Waals surface area (Å²) in [5, 5.41) is 0. The Kier molecular flexibility index (Phi) is 3.55. The second-order valence-electron chi connectivity index (χ2n) is 5.49. The molecule has 102 valence electrons. The molecule has 0 spiro atoms. The number of hydrogen-bond acceptors (Lipinski definition) is 2. The fraction of sp³-hybridized carbons (Fsp3) is 0.278. The summed E-state index contributed by atoms with van der Waals surface area (Å²) in [5.74, 6) is 1.77. The van der Waals surface area contributed by atoms with Gasteiger partial charge in [0.2, 0.25) is 0 Å². The fourth-order valence-corrected chi connectivity index (χ4v) is 2.38. The van der Waals surface area contributed by atoms with E-state index >= 15 is 0 Å². The minimum Gasteiger partial charge on any atom is -0.489 e. The Labute approximate surface area is 119 Å². The summed E-state index contributed by atoms with van der Waals surface area (Å²) in [4.78, 5) is 12.2. The van der Waals surface area contributed by atoms with Gasteiger partial charge in [-0.15, -0.1) is 0 Å². The summed E-state index contributed by atoms with van der Waals surface area (Å²) in [6.07, 6.45) is 1.02. The molecule has 1 saturated carbocycles. The second kappa shape index (κ2) is 5.49. The lowest BCUT2D eigenvalue weighted by Crippen LogP contribution is -2.03. The predicted molar refractivity (Wildman–Crippen MR) is 78.8 cm³/mol. The molecule has 0 radical (unpaired) electrons. The van der Waals surface area contributed by atoms with E-state index in [9.17, 15) is 4.79 Å². The van der Waals surface area contributed by atoms with Crippen molar-refractivity contribution in [3.8, 4) is 5.75 Å². The minimum atomic E-state index is 0.222. The quantitative estimate of drug-likeness (QED) is 0.761. The second-order valence-corrected chi connectivity index (χ2v) is 5.49. The number of Topliss-reactive ketones (excluding diaryl/α,β-unsaturated/α-hetero) is 1. The van der Waals surface area contributed by atoms with Crippen molar-refractivity contribution in [3.05, 3.63) is 65.7 Å². The summed E-state index contributed by atoms with van der Waals surface area (Å²) in [7, 11) is 0. The van der Waals surface area contributed by atoms with Crippen LogP contribution in [0.4, 0.5) is 0 Å². The highest BCUT2D eigenvalue weighted by atomic mass is 16.5. The van der Waals surface area contributed by atoms with Crippen LogP contribution in [-0.4, -0.2) is 5.78 Å². The fourth-order valence-electron chi connectivity index (χ4n) is 2.38. The molecule has 0 amide bonds. The van der Waals surface area contributed by atoms with Gasteiger partial charge >= 0.3 is 0 Å². The van der Waals surface area contributed by atoms with Crippen molar-refractivity contribution in [3.63, 3.8) is 0 Å². The van der Waals surface area contributed by atoms with Gasteiger partial charge in [-0.25, -0.2) is 0 Å². The van der Waals surface area contributed by atoms with Crippen molar-refractivity contribution in [2.45, 2.75) is 20.0 Å². The number of hydrogen-bond donors (Lipinski definition) is 0. The average Bonchev–Trinajstić information content (AvgIpc) is 3.23. The van der Waals surface area contributed by atoms with E-state index in [0.29, 0.717) is 12.5 Å². The van der Waals surface area contributed by atoms with E-state index in [1.54, 1.807) is 0 Å². The summed E-state index contributed by atoms with van der Waals surface area (Å²) < 4.78 is 5.76. The Balaban J connectivity index is 1.67. The first-order valence-electron chi connectivity index (χ1n) is 7.05. The number of carbonyl (C=O) groups is 1. The molecule has 2 nitrogen and oxygen atoms in total. The van der Waals surface area contributed by atoms with Gasteiger partial charge in [-0.2, -0.15) is 0 Å². The van der Waals surface area contributed by atoms with Crippen LogP contribution in [0.15, 0.2) is 54.6 Å². The van der Waals surface area contributed by atoms with Crippen LogP contribution in [0.1, 0.15) is 29.3 Å². The Morgan fingerprint density at radius 2 is 1.90 bits per heavy atom. The van der Waals surface area contributed by atoms with Gasteiger partial charge in [-0.3, -0.25) is 4.79 Å². The third-order valence-electron chi connectivity index (χ3n) is 3.81. The van der Waals surface area contributed by atoms with Gasteiger partial charge < -0.3 is 4.74 Å². The normalized spacial score (nSPS) is 20.4. The van der Waals surface area contributed by atoms with Crippen molar-refractivity contribution in [2.24, 2.45) is 11.8 Å². The maximum atomic E-state index is 12.2. The van der Waals surface area contributed by atoms with E-state index in [1.165, 1.54) is 0 Å². The van der Waals surface area contributed by atoms with Crippen LogP contribution >= 0.6 is 0 Å². The highest BCUT2D eigenvalue weighted by Gasteiger charge is 2.39. The molecule has 0 heterocycles. The van der Waals surface area contributed by atoms with Gasteiger partial charge in [0.05, 0.1) is 0 Å². The maximum absolute atomic E-state index is 12.2. The summed E-state index contributed by atoms with van der Waals surface area (Å²) >= 11 is 0. The van der Waals surface area contributed by atoms with E-state index < -0.39 is 0 Å². The molecule has 0 bridgehead atoms. The van der Waals surface area contributed by atoms with Crippen molar-refractivity contribution in [2.75, 3.05) is 0 Å². The molecular formula is C18H18O2. The standard InChI is InChI=1S/C18H18O2/c1-13-10-17(13)18(19)15-8-5-9-16(11-15)20-12-14-6-3-2-4-7-14/h2-9,11,13,17H,10,12H2,1H3/t13-,17-/m0/s1. The lowest BCUT2D eigenvalue weighted by atomic mass is 10.1. The van der Waals surface area contributed by atoms with Crippen LogP contribution in [-0.2, 0) is 6.61 Å². The predicted octanol–water partition coefficient (Wildman–Crippen LogP) is 4.10. The smallest absolute Gasteiger partial charge is 0.166 e. The highest BCUT2D eigenvalue weighted by Crippen LogP contribution is 2.40. The molecule has 0 saturated heterocycles. The average molecular weight is 266 g/mol. The molecule has 0 N–H and O–H groups in total. The van der Waals surface area contributed by atoms with E-state index in [-0.39, 0.29) is 11.7 Å². The molecule has 2 heteroatoms. The third kappa shape index (κ3) is 2.90. The van der Waals surface area contributed by atoms with Crippen LogP contribution in [0.5, 0.6) is 5.75 Å². The monoisotopic (exact) mass is 266 g/mol. The molecule has 0 aromatic heterocycles. The summed E-state index contributed by atoms with van der Waals surface area (Å²) in [6, 6.07) is 17.6. The zero-order valence-electron chi connectivity index (χ0n) is 11.6.